The maximum Gasteiger partial charge on any atom is 0.333 e. The van der Waals surface area contributed by atoms with E-state index in [0.29, 0.717) is 17.1 Å². The van der Waals surface area contributed by atoms with Crippen molar-refractivity contribution in [1.82, 2.24) is 10.3 Å². The summed E-state index contributed by atoms with van der Waals surface area (Å²) in [6.07, 6.45) is 1.61. The third kappa shape index (κ3) is 4.84. The van der Waals surface area contributed by atoms with Crippen LogP contribution in [0.1, 0.15) is 11.6 Å². The van der Waals surface area contributed by atoms with Crippen molar-refractivity contribution in [3.63, 3.8) is 0 Å². The number of nitrogens with zero attached hydrogens (tertiary/aromatic N) is 1. The van der Waals surface area contributed by atoms with Gasteiger partial charge in [0.05, 0.1) is 7.11 Å². The second kappa shape index (κ2) is 9.61. The van der Waals surface area contributed by atoms with Gasteiger partial charge in [-0.2, -0.15) is 0 Å². The van der Waals surface area contributed by atoms with Crippen LogP contribution in [-0.2, 0) is 9.53 Å². The predicted octanol–water partition coefficient (Wildman–Crippen LogP) is 5.04. The van der Waals surface area contributed by atoms with Gasteiger partial charge in [-0.1, -0.05) is 60.7 Å². The van der Waals surface area contributed by atoms with Crippen LogP contribution in [-0.4, -0.2) is 24.1 Å². The first-order chi connectivity index (χ1) is 15.6. The fourth-order valence-electron chi connectivity index (χ4n) is 3.18. The van der Waals surface area contributed by atoms with Crippen LogP contribution in [0.2, 0.25) is 0 Å². The zero-order chi connectivity index (χ0) is 22.3. The summed E-state index contributed by atoms with van der Waals surface area (Å²) >= 11 is 0. The van der Waals surface area contributed by atoms with E-state index < -0.39 is 18.0 Å². The number of urea groups is 1. The summed E-state index contributed by atoms with van der Waals surface area (Å²) in [7, 11) is 1.28. The topological polar surface area (TPSA) is 93.5 Å². The summed E-state index contributed by atoms with van der Waals surface area (Å²) in [5.74, 6) is -0.0745. The van der Waals surface area contributed by atoms with Crippen LogP contribution in [0.25, 0.3) is 22.7 Å². The number of anilines is 1. The molecule has 1 aromatic heterocycles. The number of rotatable bonds is 6. The monoisotopic (exact) mass is 427 g/mol. The highest BCUT2D eigenvalue weighted by molar-refractivity contribution is 5.93. The first kappa shape index (κ1) is 20.9. The van der Waals surface area contributed by atoms with E-state index in [1.807, 2.05) is 36.4 Å². The van der Waals surface area contributed by atoms with Gasteiger partial charge in [0.2, 0.25) is 5.89 Å². The zero-order valence-electron chi connectivity index (χ0n) is 17.3. The van der Waals surface area contributed by atoms with Crippen molar-refractivity contribution in [2.75, 3.05) is 12.4 Å². The lowest BCUT2D eigenvalue weighted by Gasteiger charge is -2.17. The SMILES string of the molecule is COC(=O)[C@H](NC(=O)Nc1ccc(-c2nc(-c3ccccc3)co2)cc1)c1ccccc1. The Labute approximate surface area is 185 Å². The fraction of sp³-hybridized carbons (Fsp3) is 0.0800. The Bertz CT molecular complexity index is 1190. The number of nitrogens with one attached hydrogen (secondary N) is 2. The molecule has 2 amide bonds. The molecule has 0 fully saturated rings. The second-order valence-corrected chi connectivity index (χ2v) is 6.95. The van der Waals surface area contributed by atoms with Gasteiger partial charge >= 0.3 is 12.0 Å². The number of hydrogen-bond donors (Lipinski definition) is 2. The lowest BCUT2D eigenvalue weighted by molar-refractivity contribution is -0.143. The third-order valence-corrected chi connectivity index (χ3v) is 4.81. The molecule has 3 aromatic carbocycles. The average molecular weight is 427 g/mol. The molecule has 0 aliphatic carbocycles. The van der Waals surface area contributed by atoms with Crippen molar-refractivity contribution in [2.45, 2.75) is 6.04 Å². The highest BCUT2D eigenvalue weighted by Gasteiger charge is 2.23. The van der Waals surface area contributed by atoms with Crippen molar-refractivity contribution >= 4 is 17.7 Å². The Morgan fingerprint density at radius 2 is 1.53 bits per heavy atom. The van der Waals surface area contributed by atoms with E-state index in [1.165, 1.54) is 7.11 Å². The number of aromatic nitrogens is 1. The number of carbonyl (C=O) groups is 2. The molecular formula is C25H21N3O4. The molecule has 7 nitrogen and oxygen atoms in total. The maximum absolute atomic E-state index is 12.5. The van der Waals surface area contributed by atoms with Crippen molar-refractivity contribution < 1.29 is 18.7 Å². The lowest BCUT2D eigenvalue weighted by atomic mass is 10.1. The summed E-state index contributed by atoms with van der Waals surface area (Å²) in [5.41, 5.74) is 3.67. The van der Waals surface area contributed by atoms with Crippen molar-refractivity contribution in [3.8, 4) is 22.7 Å². The van der Waals surface area contributed by atoms with Crippen LogP contribution in [0.3, 0.4) is 0 Å². The molecule has 0 unspecified atom stereocenters. The maximum atomic E-state index is 12.5. The van der Waals surface area contributed by atoms with Gasteiger partial charge in [0.15, 0.2) is 6.04 Å². The number of esters is 1. The quantitative estimate of drug-likeness (QED) is 0.420. The average Bonchev–Trinajstić information content (AvgIpc) is 3.34. The van der Waals surface area contributed by atoms with Gasteiger partial charge in [-0.3, -0.25) is 0 Å². The molecular weight excluding hydrogens is 406 g/mol. The minimum atomic E-state index is -0.913. The molecule has 1 atom stereocenters. The molecule has 160 valence electrons. The number of methoxy groups -OCH3 is 1. The van der Waals surface area contributed by atoms with Crippen molar-refractivity contribution in [1.29, 1.82) is 0 Å². The molecule has 0 saturated heterocycles. The summed E-state index contributed by atoms with van der Waals surface area (Å²) in [6, 6.07) is 24.3. The number of oxazole rings is 1. The van der Waals surface area contributed by atoms with E-state index in [4.69, 9.17) is 9.15 Å². The van der Waals surface area contributed by atoms with E-state index in [1.54, 1.807) is 54.8 Å². The third-order valence-electron chi connectivity index (χ3n) is 4.81. The molecule has 0 spiro atoms. The normalized spacial score (nSPS) is 11.4. The molecule has 7 heteroatoms. The molecule has 0 saturated carbocycles. The molecule has 0 bridgehead atoms. The van der Waals surface area contributed by atoms with E-state index in [2.05, 4.69) is 15.6 Å². The standard InChI is InChI=1S/C25H21N3O4/c1-31-24(29)22(18-10-6-3-7-11-18)28-25(30)26-20-14-12-19(13-15-20)23-27-21(16-32-23)17-8-4-2-5-9-17/h2-16,22H,1H3,(H2,26,28,30)/t22-/m1/s1. The number of carbonyl (C=O) groups excluding carboxylic acids is 2. The Morgan fingerprint density at radius 3 is 2.19 bits per heavy atom. The van der Waals surface area contributed by atoms with Gasteiger partial charge in [-0.15, -0.1) is 0 Å². The summed E-state index contributed by atoms with van der Waals surface area (Å²) in [6.45, 7) is 0. The molecule has 1 heterocycles. The highest BCUT2D eigenvalue weighted by Crippen LogP contribution is 2.25. The lowest BCUT2D eigenvalue weighted by Crippen LogP contribution is -2.37. The van der Waals surface area contributed by atoms with Crippen LogP contribution < -0.4 is 10.6 Å². The molecule has 0 aliphatic rings. The van der Waals surface area contributed by atoms with E-state index in [9.17, 15) is 9.59 Å². The fourth-order valence-corrected chi connectivity index (χ4v) is 3.18. The minimum absolute atomic E-state index is 0.481. The van der Waals surface area contributed by atoms with E-state index >= 15 is 0 Å². The largest absolute Gasteiger partial charge is 0.467 e. The zero-order valence-corrected chi connectivity index (χ0v) is 17.3. The Morgan fingerprint density at radius 1 is 0.875 bits per heavy atom. The van der Waals surface area contributed by atoms with E-state index in [-0.39, 0.29) is 0 Å². The molecule has 4 rings (SSSR count). The van der Waals surface area contributed by atoms with Crippen LogP contribution in [0, 0.1) is 0 Å². The van der Waals surface area contributed by atoms with Crippen molar-refractivity contribution in [2.24, 2.45) is 0 Å². The summed E-state index contributed by atoms with van der Waals surface area (Å²) < 4.78 is 10.4. The molecule has 4 aromatic rings. The second-order valence-electron chi connectivity index (χ2n) is 6.95. The first-order valence-electron chi connectivity index (χ1n) is 9.96. The molecule has 32 heavy (non-hydrogen) atoms. The highest BCUT2D eigenvalue weighted by atomic mass is 16.5. The van der Waals surface area contributed by atoms with Crippen LogP contribution in [0.4, 0.5) is 10.5 Å². The first-order valence-corrected chi connectivity index (χ1v) is 9.96. The number of ether oxygens (including phenoxy) is 1. The Hall–Kier alpha value is -4.39. The van der Waals surface area contributed by atoms with Crippen LogP contribution >= 0.6 is 0 Å². The van der Waals surface area contributed by atoms with Crippen LogP contribution in [0.15, 0.2) is 95.6 Å². The van der Waals surface area contributed by atoms with Gasteiger partial charge in [0, 0.05) is 16.8 Å². The van der Waals surface area contributed by atoms with Gasteiger partial charge in [0.25, 0.3) is 0 Å². The Balaban J connectivity index is 1.43. The van der Waals surface area contributed by atoms with Gasteiger partial charge in [-0.25, -0.2) is 14.6 Å². The number of hydrogen-bond acceptors (Lipinski definition) is 5. The Kier molecular flexibility index (Phi) is 6.27. The van der Waals surface area contributed by atoms with Gasteiger partial charge < -0.3 is 19.8 Å². The summed E-state index contributed by atoms with van der Waals surface area (Å²) in [5, 5.41) is 5.37. The van der Waals surface area contributed by atoms with Gasteiger partial charge in [0.1, 0.15) is 12.0 Å². The van der Waals surface area contributed by atoms with Crippen molar-refractivity contribution in [3.05, 3.63) is 96.8 Å². The van der Waals surface area contributed by atoms with Crippen LogP contribution in [0.5, 0.6) is 0 Å². The smallest absolute Gasteiger partial charge is 0.333 e. The molecule has 0 aliphatic heterocycles. The molecule has 0 radical (unpaired) electrons. The minimum Gasteiger partial charge on any atom is -0.467 e. The predicted molar refractivity (Wildman–Crippen MR) is 121 cm³/mol. The number of amides is 2. The van der Waals surface area contributed by atoms with E-state index in [0.717, 1.165) is 16.8 Å². The summed E-state index contributed by atoms with van der Waals surface area (Å²) in [4.78, 5) is 29.1. The van der Waals surface area contributed by atoms with Gasteiger partial charge in [-0.05, 0) is 29.8 Å². The molecule has 2 N–H and O–H groups in total. The number of benzene rings is 3.